The van der Waals surface area contributed by atoms with Crippen molar-refractivity contribution in [2.24, 2.45) is 5.73 Å². The molecule has 1 atom stereocenters. The first-order valence-corrected chi connectivity index (χ1v) is 7.57. The van der Waals surface area contributed by atoms with Gasteiger partial charge in [-0.25, -0.2) is 0 Å². The zero-order valence-corrected chi connectivity index (χ0v) is 13.9. The number of rotatable bonds is 3. The Labute approximate surface area is 137 Å². The van der Waals surface area contributed by atoms with E-state index in [1.54, 1.807) is 6.26 Å². The van der Waals surface area contributed by atoms with Crippen molar-refractivity contribution in [3.63, 3.8) is 0 Å². The summed E-state index contributed by atoms with van der Waals surface area (Å²) in [6.07, 6.45) is 4.19. The third-order valence-corrected chi connectivity index (χ3v) is 4.65. The van der Waals surface area contributed by atoms with E-state index in [4.69, 9.17) is 10.2 Å². The minimum absolute atomic E-state index is 0. The van der Waals surface area contributed by atoms with Gasteiger partial charge in [-0.3, -0.25) is 4.79 Å². The molecular weight excluding hydrogens is 300 g/mol. The Morgan fingerprint density at radius 3 is 2.91 bits per heavy atom. The lowest BCUT2D eigenvalue weighted by atomic mass is 10.0. The number of fused-ring (bicyclic) bond motifs is 1. The maximum Gasteiger partial charge on any atom is 0.227 e. The number of benzene rings is 1. The molecule has 5 heteroatoms. The van der Waals surface area contributed by atoms with Crippen molar-refractivity contribution in [2.75, 3.05) is 13.1 Å². The molecule has 120 valence electrons. The third kappa shape index (κ3) is 2.85. The predicted octanol–water partition coefficient (Wildman–Crippen LogP) is 2.96. The Kier molecular flexibility index (Phi) is 5.14. The standard InChI is InChI=1S/C17H22N2O2.ClH/c1-11-5-6-15-13(10-21-17(15)12(11)2)8-16(20)19-7-3-4-14(19)9-18;/h5-6,10,14H,3-4,7-9,18H2,1-2H3;1H. The molecule has 0 bridgehead atoms. The Balaban J connectivity index is 0.00000176. The number of aryl methyl sites for hydroxylation is 2. The van der Waals surface area contributed by atoms with Crippen LogP contribution < -0.4 is 5.73 Å². The fourth-order valence-corrected chi connectivity index (χ4v) is 3.20. The Bertz CT molecular complexity index is 681. The van der Waals surface area contributed by atoms with Gasteiger partial charge in [0.05, 0.1) is 12.7 Å². The number of furan rings is 1. The van der Waals surface area contributed by atoms with E-state index in [1.165, 1.54) is 5.56 Å². The number of nitrogens with zero attached hydrogens (tertiary/aromatic N) is 1. The summed E-state index contributed by atoms with van der Waals surface area (Å²) in [7, 11) is 0. The summed E-state index contributed by atoms with van der Waals surface area (Å²) in [6, 6.07) is 4.34. The zero-order chi connectivity index (χ0) is 15.0. The fourth-order valence-electron chi connectivity index (χ4n) is 3.20. The average molecular weight is 323 g/mol. The van der Waals surface area contributed by atoms with E-state index in [2.05, 4.69) is 19.9 Å². The maximum atomic E-state index is 12.5. The molecular formula is C17H23ClN2O2. The van der Waals surface area contributed by atoms with E-state index >= 15 is 0 Å². The van der Waals surface area contributed by atoms with Crippen LogP contribution in [0.4, 0.5) is 0 Å². The van der Waals surface area contributed by atoms with Crippen LogP contribution in [0.1, 0.15) is 29.5 Å². The Morgan fingerprint density at radius 1 is 1.41 bits per heavy atom. The average Bonchev–Trinajstić information content (AvgIpc) is 3.10. The molecule has 0 aliphatic carbocycles. The van der Waals surface area contributed by atoms with Crippen LogP contribution in [-0.4, -0.2) is 29.9 Å². The van der Waals surface area contributed by atoms with Crippen molar-refractivity contribution in [1.82, 2.24) is 4.90 Å². The highest BCUT2D eigenvalue weighted by atomic mass is 35.5. The fraction of sp³-hybridized carbons (Fsp3) is 0.471. The topological polar surface area (TPSA) is 59.5 Å². The van der Waals surface area contributed by atoms with Gasteiger partial charge < -0.3 is 15.1 Å². The van der Waals surface area contributed by atoms with E-state index in [9.17, 15) is 4.79 Å². The summed E-state index contributed by atoms with van der Waals surface area (Å²) in [5.74, 6) is 0.156. The molecule has 22 heavy (non-hydrogen) atoms. The number of nitrogens with two attached hydrogens (primary N) is 1. The van der Waals surface area contributed by atoms with Crippen molar-refractivity contribution >= 4 is 29.3 Å². The second-order valence-electron chi connectivity index (χ2n) is 5.94. The second kappa shape index (κ2) is 6.71. The molecule has 4 nitrogen and oxygen atoms in total. The number of halogens is 1. The summed E-state index contributed by atoms with van der Waals surface area (Å²) >= 11 is 0. The third-order valence-electron chi connectivity index (χ3n) is 4.65. The van der Waals surface area contributed by atoms with Crippen molar-refractivity contribution in [3.8, 4) is 0 Å². The van der Waals surface area contributed by atoms with E-state index in [0.717, 1.165) is 41.5 Å². The lowest BCUT2D eigenvalue weighted by Gasteiger charge is -2.23. The first kappa shape index (κ1) is 16.8. The summed E-state index contributed by atoms with van der Waals surface area (Å²) in [5, 5.41) is 1.05. The molecule has 2 aromatic rings. The molecule has 1 amide bonds. The lowest BCUT2D eigenvalue weighted by molar-refractivity contribution is -0.131. The first-order chi connectivity index (χ1) is 10.1. The SMILES string of the molecule is Cc1ccc2c(CC(=O)N3CCCC3CN)coc2c1C.Cl. The first-order valence-electron chi connectivity index (χ1n) is 7.57. The van der Waals surface area contributed by atoms with Crippen LogP contribution in [0.5, 0.6) is 0 Å². The summed E-state index contributed by atoms with van der Waals surface area (Å²) < 4.78 is 5.68. The minimum atomic E-state index is 0. The summed E-state index contributed by atoms with van der Waals surface area (Å²) in [6.45, 7) is 5.50. The molecule has 1 aliphatic heterocycles. The van der Waals surface area contributed by atoms with Crippen molar-refractivity contribution in [1.29, 1.82) is 0 Å². The molecule has 3 rings (SSSR count). The highest BCUT2D eigenvalue weighted by Crippen LogP contribution is 2.27. The van der Waals surface area contributed by atoms with Gasteiger partial charge in [0.2, 0.25) is 5.91 Å². The maximum absolute atomic E-state index is 12.5. The van der Waals surface area contributed by atoms with Crippen molar-refractivity contribution in [3.05, 3.63) is 35.1 Å². The largest absolute Gasteiger partial charge is 0.464 e. The lowest BCUT2D eigenvalue weighted by Crippen LogP contribution is -2.40. The molecule has 0 saturated carbocycles. The van der Waals surface area contributed by atoms with Crippen LogP contribution in [0, 0.1) is 13.8 Å². The smallest absolute Gasteiger partial charge is 0.227 e. The van der Waals surface area contributed by atoms with Crippen LogP contribution in [0.15, 0.2) is 22.8 Å². The van der Waals surface area contributed by atoms with Gasteiger partial charge in [-0.2, -0.15) is 0 Å². The molecule has 0 spiro atoms. The number of hydrogen-bond donors (Lipinski definition) is 1. The van der Waals surface area contributed by atoms with E-state index in [-0.39, 0.29) is 24.4 Å². The number of carbonyl (C=O) groups is 1. The van der Waals surface area contributed by atoms with Crippen LogP contribution in [-0.2, 0) is 11.2 Å². The molecule has 2 N–H and O–H groups in total. The van der Waals surface area contributed by atoms with Crippen LogP contribution in [0.25, 0.3) is 11.0 Å². The van der Waals surface area contributed by atoms with Gasteiger partial charge >= 0.3 is 0 Å². The van der Waals surface area contributed by atoms with E-state index in [1.807, 2.05) is 11.0 Å². The molecule has 1 unspecified atom stereocenters. The number of likely N-dealkylation sites (tertiary alicyclic amines) is 1. The van der Waals surface area contributed by atoms with Gasteiger partial charge in [-0.1, -0.05) is 12.1 Å². The van der Waals surface area contributed by atoms with Gasteiger partial charge in [0.15, 0.2) is 0 Å². The van der Waals surface area contributed by atoms with Gasteiger partial charge in [0.1, 0.15) is 5.58 Å². The number of amides is 1. The normalized spacial score (nSPS) is 17.8. The highest BCUT2D eigenvalue weighted by molar-refractivity contribution is 5.89. The molecule has 2 heterocycles. The molecule has 1 saturated heterocycles. The van der Waals surface area contributed by atoms with Crippen LogP contribution in [0.3, 0.4) is 0 Å². The monoisotopic (exact) mass is 322 g/mol. The molecule has 1 aromatic carbocycles. The summed E-state index contributed by atoms with van der Waals surface area (Å²) in [4.78, 5) is 14.4. The molecule has 0 radical (unpaired) electrons. The van der Waals surface area contributed by atoms with Gasteiger partial charge in [0, 0.05) is 30.1 Å². The van der Waals surface area contributed by atoms with Gasteiger partial charge in [0.25, 0.3) is 0 Å². The minimum Gasteiger partial charge on any atom is -0.464 e. The molecule has 1 aliphatic rings. The van der Waals surface area contributed by atoms with E-state index in [0.29, 0.717) is 13.0 Å². The summed E-state index contributed by atoms with van der Waals surface area (Å²) in [5.41, 5.74) is 9.97. The van der Waals surface area contributed by atoms with E-state index < -0.39 is 0 Å². The van der Waals surface area contributed by atoms with Gasteiger partial charge in [-0.05, 0) is 37.8 Å². The van der Waals surface area contributed by atoms with Crippen molar-refractivity contribution < 1.29 is 9.21 Å². The zero-order valence-electron chi connectivity index (χ0n) is 13.1. The quantitative estimate of drug-likeness (QED) is 0.945. The van der Waals surface area contributed by atoms with Crippen LogP contribution >= 0.6 is 12.4 Å². The number of hydrogen-bond acceptors (Lipinski definition) is 3. The Hall–Kier alpha value is -1.52. The Morgan fingerprint density at radius 2 is 2.18 bits per heavy atom. The predicted molar refractivity (Wildman–Crippen MR) is 90.4 cm³/mol. The second-order valence-corrected chi connectivity index (χ2v) is 5.94. The highest BCUT2D eigenvalue weighted by Gasteiger charge is 2.28. The molecule has 1 fully saturated rings. The number of carbonyl (C=O) groups excluding carboxylic acids is 1. The van der Waals surface area contributed by atoms with Crippen LogP contribution in [0.2, 0.25) is 0 Å². The van der Waals surface area contributed by atoms with Crippen molar-refractivity contribution in [2.45, 2.75) is 39.2 Å². The van der Waals surface area contributed by atoms with Gasteiger partial charge in [-0.15, -0.1) is 12.4 Å². The molecule has 1 aromatic heterocycles.